The van der Waals surface area contributed by atoms with Crippen LogP contribution in [0.2, 0.25) is 0 Å². The average Bonchev–Trinajstić information content (AvgIpc) is 2.45. The summed E-state index contributed by atoms with van der Waals surface area (Å²) in [5.41, 5.74) is 0. The number of nitrogens with zero attached hydrogens (tertiary/aromatic N) is 1. The van der Waals surface area contributed by atoms with Crippen LogP contribution in [0.1, 0.15) is 17.8 Å². The number of thiophene rings is 1. The van der Waals surface area contributed by atoms with Crippen LogP contribution < -0.4 is 4.74 Å². The highest BCUT2D eigenvalue weighted by Gasteiger charge is 2.15. The lowest BCUT2D eigenvalue weighted by atomic mass is 10.3. The zero-order chi connectivity index (χ0) is 9.14. The minimum absolute atomic E-state index is 0.0739. The Kier molecular flexibility index (Phi) is 3.12. The van der Waals surface area contributed by atoms with E-state index < -0.39 is 0 Å². The third kappa shape index (κ3) is 1.79. The van der Waals surface area contributed by atoms with Gasteiger partial charge in [-0.2, -0.15) is 0 Å². The number of halogens is 1. The van der Waals surface area contributed by atoms with E-state index in [1.165, 1.54) is 11.3 Å². The first kappa shape index (κ1) is 9.56. The van der Waals surface area contributed by atoms with Gasteiger partial charge in [-0.1, -0.05) is 11.3 Å². The standard InChI is InChI=1S/C8H8BrNOS/c1-5(10-2)7-4-6(9)8(11-3)12-7/h4-5H,1,3H3. The predicted molar refractivity (Wildman–Crippen MR) is 53.6 cm³/mol. The predicted octanol–water partition coefficient (Wildman–Crippen LogP) is 3.50. The van der Waals surface area contributed by atoms with Crippen molar-refractivity contribution in [3.05, 3.63) is 26.8 Å². The number of ether oxygens (including phenoxy) is 1. The van der Waals surface area contributed by atoms with Gasteiger partial charge in [-0.15, -0.1) is 0 Å². The van der Waals surface area contributed by atoms with Crippen LogP contribution in [0, 0.1) is 6.57 Å². The third-order valence-corrected chi connectivity index (χ3v) is 3.58. The van der Waals surface area contributed by atoms with E-state index in [2.05, 4.69) is 20.8 Å². The van der Waals surface area contributed by atoms with Crippen LogP contribution in [0.3, 0.4) is 0 Å². The maximum absolute atomic E-state index is 6.86. The number of hydrogen-bond acceptors (Lipinski definition) is 2. The Morgan fingerprint density at radius 1 is 1.75 bits per heavy atom. The van der Waals surface area contributed by atoms with Gasteiger partial charge < -0.3 is 9.58 Å². The average molecular weight is 246 g/mol. The summed E-state index contributed by atoms with van der Waals surface area (Å²) in [7, 11) is 1.63. The summed E-state index contributed by atoms with van der Waals surface area (Å²) in [6, 6.07) is 1.86. The molecule has 4 heteroatoms. The van der Waals surface area contributed by atoms with Crippen molar-refractivity contribution in [1.29, 1.82) is 0 Å². The Hall–Kier alpha value is -0.530. The van der Waals surface area contributed by atoms with Crippen LogP contribution in [0.25, 0.3) is 4.85 Å². The molecule has 0 radical (unpaired) electrons. The lowest BCUT2D eigenvalue weighted by Crippen LogP contribution is -1.78. The Balaban J connectivity index is 2.98. The molecular formula is C8H8BrNOS. The van der Waals surface area contributed by atoms with Crippen molar-refractivity contribution < 1.29 is 4.74 Å². The van der Waals surface area contributed by atoms with Gasteiger partial charge in [-0.25, -0.2) is 6.57 Å². The van der Waals surface area contributed by atoms with Crippen LogP contribution in [-0.4, -0.2) is 7.11 Å². The van der Waals surface area contributed by atoms with Gasteiger partial charge in [0.25, 0.3) is 6.04 Å². The van der Waals surface area contributed by atoms with Gasteiger partial charge in [0.05, 0.1) is 16.5 Å². The third-order valence-electron chi connectivity index (χ3n) is 1.47. The summed E-state index contributed by atoms with van der Waals surface area (Å²) in [4.78, 5) is 4.47. The molecule has 0 aliphatic heterocycles. The highest BCUT2D eigenvalue weighted by molar-refractivity contribution is 9.10. The minimum Gasteiger partial charge on any atom is -0.486 e. The molecule has 0 bridgehead atoms. The fraction of sp³-hybridized carbons (Fsp3) is 0.375. The molecule has 0 amide bonds. The van der Waals surface area contributed by atoms with Crippen LogP contribution in [0.15, 0.2) is 10.5 Å². The van der Waals surface area contributed by atoms with E-state index >= 15 is 0 Å². The van der Waals surface area contributed by atoms with Crippen molar-refractivity contribution in [2.24, 2.45) is 0 Å². The number of hydrogen-bond donors (Lipinski definition) is 0. The van der Waals surface area contributed by atoms with Gasteiger partial charge in [0.15, 0.2) is 5.06 Å². The lowest BCUT2D eigenvalue weighted by molar-refractivity contribution is 0.425. The van der Waals surface area contributed by atoms with E-state index in [0.29, 0.717) is 0 Å². The van der Waals surface area contributed by atoms with E-state index in [9.17, 15) is 0 Å². The fourth-order valence-electron chi connectivity index (χ4n) is 0.778. The van der Waals surface area contributed by atoms with Gasteiger partial charge in [0.2, 0.25) is 0 Å². The molecule has 0 saturated heterocycles. The SMILES string of the molecule is [C-]#[N+]C(C)c1cc(Br)c(OC)s1. The molecule has 1 aromatic heterocycles. The molecule has 12 heavy (non-hydrogen) atoms. The Morgan fingerprint density at radius 2 is 2.42 bits per heavy atom. The molecule has 1 unspecified atom stereocenters. The van der Waals surface area contributed by atoms with E-state index in [1.54, 1.807) is 7.11 Å². The largest absolute Gasteiger partial charge is 0.486 e. The van der Waals surface area contributed by atoms with Gasteiger partial charge >= 0.3 is 0 Å². The second kappa shape index (κ2) is 3.92. The number of rotatable bonds is 2. The summed E-state index contributed by atoms with van der Waals surface area (Å²) >= 11 is 4.87. The monoisotopic (exact) mass is 245 g/mol. The van der Waals surface area contributed by atoms with Crippen molar-refractivity contribution in [2.75, 3.05) is 7.11 Å². The maximum atomic E-state index is 6.86. The molecule has 0 N–H and O–H groups in total. The molecular weight excluding hydrogens is 238 g/mol. The van der Waals surface area contributed by atoms with Crippen LogP contribution >= 0.6 is 27.3 Å². The quantitative estimate of drug-likeness (QED) is 0.728. The second-order valence-electron chi connectivity index (χ2n) is 2.29. The van der Waals surface area contributed by atoms with E-state index in [0.717, 1.165) is 14.4 Å². The van der Waals surface area contributed by atoms with Crippen molar-refractivity contribution >= 4 is 27.3 Å². The van der Waals surface area contributed by atoms with Gasteiger partial charge in [0.1, 0.15) is 0 Å². The smallest absolute Gasteiger partial charge is 0.255 e. The number of methoxy groups -OCH3 is 1. The molecule has 0 aromatic carbocycles. The fourth-order valence-corrected chi connectivity index (χ4v) is 2.43. The summed E-state index contributed by atoms with van der Waals surface area (Å²) in [5, 5.41) is 0.834. The molecule has 0 spiro atoms. The lowest BCUT2D eigenvalue weighted by Gasteiger charge is -1.92. The zero-order valence-corrected chi connectivity index (χ0v) is 9.20. The molecule has 0 fully saturated rings. The van der Waals surface area contributed by atoms with Crippen LogP contribution in [0.5, 0.6) is 5.06 Å². The highest BCUT2D eigenvalue weighted by atomic mass is 79.9. The molecule has 64 valence electrons. The molecule has 0 aliphatic carbocycles. The van der Waals surface area contributed by atoms with Crippen molar-refractivity contribution in [3.63, 3.8) is 0 Å². The molecule has 2 nitrogen and oxygen atoms in total. The summed E-state index contributed by atoms with van der Waals surface area (Å²) in [6.07, 6.45) is 0. The summed E-state index contributed by atoms with van der Waals surface area (Å²) < 4.78 is 6.02. The molecule has 1 aromatic rings. The molecule has 1 atom stereocenters. The van der Waals surface area contributed by atoms with Crippen molar-refractivity contribution in [3.8, 4) is 5.06 Å². The first-order valence-corrected chi connectivity index (χ1v) is 4.99. The summed E-state index contributed by atoms with van der Waals surface area (Å²) in [5.74, 6) is 0. The van der Waals surface area contributed by atoms with Crippen molar-refractivity contribution in [2.45, 2.75) is 13.0 Å². The highest BCUT2D eigenvalue weighted by Crippen LogP contribution is 2.38. The zero-order valence-electron chi connectivity index (χ0n) is 6.80. The van der Waals surface area contributed by atoms with Crippen LogP contribution in [-0.2, 0) is 0 Å². The first-order chi connectivity index (χ1) is 5.69. The van der Waals surface area contributed by atoms with Gasteiger partial charge in [-0.3, -0.25) is 0 Å². The molecule has 0 aliphatic rings. The van der Waals surface area contributed by atoms with Gasteiger partial charge in [0, 0.05) is 6.92 Å². The first-order valence-electron chi connectivity index (χ1n) is 3.38. The van der Waals surface area contributed by atoms with Gasteiger partial charge in [-0.05, 0) is 22.0 Å². The van der Waals surface area contributed by atoms with E-state index in [1.807, 2.05) is 13.0 Å². The van der Waals surface area contributed by atoms with Crippen LogP contribution in [0.4, 0.5) is 0 Å². The van der Waals surface area contributed by atoms with E-state index in [4.69, 9.17) is 11.3 Å². The molecule has 1 rings (SSSR count). The minimum atomic E-state index is -0.0739. The Labute approximate surface area is 84.1 Å². The summed E-state index contributed by atoms with van der Waals surface area (Å²) in [6.45, 7) is 8.74. The Bertz CT molecular complexity index is 315. The maximum Gasteiger partial charge on any atom is 0.255 e. The normalized spacial score (nSPS) is 12.2. The van der Waals surface area contributed by atoms with Crippen molar-refractivity contribution in [1.82, 2.24) is 0 Å². The molecule has 0 saturated carbocycles. The second-order valence-corrected chi connectivity index (χ2v) is 4.19. The topological polar surface area (TPSA) is 13.6 Å². The van der Waals surface area contributed by atoms with E-state index in [-0.39, 0.29) is 6.04 Å². The molecule has 1 heterocycles. The Morgan fingerprint density at radius 3 is 2.83 bits per heavy atom.